The molecule has 2 heterocycles. The van der Waals surface area contributed by atoms with E-state index in [2.05, 4.69) is 0 Å². The van der Waals surface area contributed by atoms with Gasteiger partial charge in [0.15, 0.2) is 0 Å². The molecule has 0 saturated heterocycles. The predicted molar refractivity (Wildman–Crippen MR) is 131 cm³/mol. The minimum absolute atomic E-state index is 0.0376. The van der Waals surface area contributed by atoms with Crippen LogP contribution in [0.3, 0.4) is 0 Å². The first-order valence-electron chi connectivity index (χ1n) is 11.5. The largest absolute Gasteiger partial charge is 0.439 e. The van der Waals surface area contributed by atoms with E-state index in [0.29, 0.717) is 30.3 Å². The van der Waals surface area contributed by atoms with Crippen molar-refractivity contribution >= 4 is 17.2 Å². The minimum atomic E-state index is -0.311. The maximum atomic E-state index is 13.6. The van der Waals surface area contributed by atoms with Crippen molar-refractivity contribution in [3.63, 3.8) is 0 Å². The van der Waals surface area contributed by atoms with Crippen molar-refractivity contribution in [2.24, 2.45) is 0 Å². The summed E-state index contributed by atoms with van der Waals surface area (Å²) in [7, 11) is 0. The second kappa shape index (κ2) is 9.43. The third kappa shape index (κ3) is 4.61. The van der Waals surface area contributed by atoms with Crippen molar-refractivity contribution in [1.29, 1.82) is 0 Å². The summed E-state index contributed by atoms with van der Waals surface area (Å²) in [6.07, 6.45) is 2.68. The number of hydrogen-bond acceptors (Lipinski definition) is 4. The molecular weight excluding hydrogens is 449 g/mol. The van der Waals surface area contributed by atoms with Crippen LogP contribution in [0.4, 0.5) is 4.39 Å². The number of rotatable bonds is 8. The molecule has 34 heavy (non-hydrogen) atoms. The van der Waals surface area contributed by atoms with Crippen LogP contribution < -0.4 is 4.74 Å². The van der Waals surface area contributed by atoms with Gasteiger partial charge in [-0.1, -0.05) is 25.1 Å². The Bertz CT molecular complexity index is 1290. The molecule has 1 fully saturated rings. The van der Waals surface area contributed by atoms with Crippen LogP contribution in [-0.2, 0) is 13.0 Å². The Labute approximate surface area is 202 Å². The molecule has 4 aromatic rings. The number of carbonyl (C=O) groups excluding carboxylic acids is 1. The highest BCUT2D eigenvalue weighted by atomic mass is 32.1. The summed E-state index contributed by atoms with van der Waals surface area (Å²) in [4.78, 5) is 16.0. The molecule has 0 radical (unpaired) electrons. The number of thiophene rings is 1. The van der Waals surface area contributed by atoms with E-state index in [1.807, 2.05) is 60.5 Å². The van der Waals surface area contributed by atoms with Crippen LogP contribution in [0.5, 0.6) is 11.6 Å². The van der Waals surface area contributed by atoms with Gasteiger partial charge in [0, 0.05) is 6.04 Å². The molecule has 1 aliphatic rings. The molecule has 0 unspecified atom stereocenters. The highest BCUT2D eigenvalue weighted by molar-refractivity contribution is 7.12. The zero-order valence-corrected chi connectivity index (χ0v) is 20.0. The van der Waals surface area contributed by atoms with Crippen molar-refractivity contribution in [1.82, 2.24) is 14.7 Å². The molecule has 0 bridgehead atoms. The fourth-order valence-corrected chi connectivity index (χ4v) is 4.72. The van der Waals surface area contributed by atoms with Crippen LogP contribution in [0, 0.1) is 12.7 Å². The van der Waals surface area contributed by atoms with Crippen molar-refractivity contribution in [3.8, 4) is 17.3 Å². The standard InChI is InChI=1S/C27H26FN3O2S/c1-3-24-23(17-30(20-13-14-20)26(32)25-8-5-15-34-25)27(33-22-7-4-6-18(2)16-22)31(29-24)21-11-9-19(28)10-12-21/h4-12,15-16,20H,3,13-14,17H2,1-2H3. The zero-order valence-electron chi connectivity index (χ0n) is 19.2. The number of aryl methyl sites for hydroxylation is 2. The number of hydrogen-bond donors (Lipinski definition) is 0. The Kier molecular flexibility index (Phi) is 6.20. The van der Waals surface area contributed by atoms with E-state index < -0.39 is 0 Å². The first-order chi connectivity index (χ1) is 16.5. The number of carbonyl (C=O) groups is 1. The highest BCUT2D eigenvalue weighted by Gasteiger charge is 2.35. The molecule has 1 saturated carbocycles. The van der Waals surface area contributed by atoms with Crippen molar-refractivity contribution in [3.05, 3.63) is 93.6 Å². The quantitative estimate of drug-likeness (QED) is 0.291. The number of aromatic nitrogens is 2. The topological polar surface area (TPSA) is 47.4 Å². The molecule has 0 N–H and O–H groups in total. The van der Waals surface area contributed by atoms with Crippen LogP contribution in [0.2, 0.25) is 0 Å². The van der Waals surface area contributed by atoms with Gasteiger partial charge in [-0.05, 0) is 79.6 Å². The Morgan fingerprint density at radius 1 is 1.18 bits per heavy atom. The van der Waals surface area contributed by atoms with Gasteiger partial charge < -0.3 is 9.64 Å². The number of ether oxygens (including phenoxy) is 1. The normalized spacial score (nSPS) is 13.1. The lowest BCUT2D eigenvalue weighted by Gasteiger charge is -2.22. The molecule has 174 valence electrons. The molecular formula is C27H26FN3O2S. The molecule has 7 heteroatoms. The van der Waals surface area contributed by atoms with Crippen LogP contribution in [0.1, 0.15) is 46.3 Å². The number of nitrogens with zero attached hydrogens (tertiary/aromatic N) is 3. The lowest BCUT2D eigenvalue weighted by Crippen LogP contribution is -2.32. The van der Waals surface area contributed by atoms with Gasteiger partial charge in [-0.25, -0.2) is 9.07 Å². The SMILES string of the molecule is CCc1nn(-c2ccc(F)cc2)c(Oc2cccc(C)c2)c1CN(C(=O)c1cccs1)C1CC1. The molecule has 5 rings (SSSR count). The Morgan fingerprint density at radius 2 is 1.97 bits per heavy atom. The molecule has 1 aliphatic carbocycles. The van der Waals surface area contributed by atoms with Gasteiger partial charge in [0.25, 0.3) is 5.91 Å². The molecule has 0 atom stereocenters. The van der Waals surface area contributed by atoms with E-state index in [1.165, 1.54) is 23.5 Å². The Morgan fingerprint density at radius 3 is 2.62 bits per heavy atom. The van der Waals surface area contributed by atoms with E-state index in [9.17, 15) is 9.18 Å². The summed E-state index contributed by atoms with van der Waals surface area (Å²) >= 11 is 1.46. The third-order valence-electron chi connectivity index (χ3n) is 5.94. The lowest BCUT2D eigenvalue weighted by atomic mass is 10.1. The monoisotopic (exact) mass is 475 g/mol. The maximum absolute atomic E-state index is 13.6. The molecule has 2 aromatic heterocycles. The maximum Gasteiger partial charge on any atom is 0.264 e. The molecule has 0 aliphatic heterocycles. The van der Waals surface area contributed by atoms with Gasteiger partial charge in [0.2, 0.25) is 5.88 Å². The van der Waals surface area contributed by atoms with Gasteiger partial charge >= 0.3 is 0 Å². The Hall–Kier alpha value is -3.45. The fourth-order valence-electron chi connectivity index (χ4n) is 4.04. The average molecular weight is 476 g/mol. The molecule has 1 amide bonds. The van der Waals surface area contributed by atoms with E-state index in [0.717, 1.165) is 34.5 Å². The van der Waals surface area contributed by atoms with Crippen molar-refractivity contribution < 1.29 is 13.9 Å². The van der Waals surface area contributed by atoms with Crippen molar-refractivity contribution in [2.75, 3.05) is 0 Å². The summed E-state index contributed by atoms with van der Waals surface area (Å²) in [6, 6.07) is 18.0. The lowest BCUT2D eigenvalue weighted by molar-refractivity contribution is 0.0733. The van der Waals surface area contributed by atoms with E-state index in [-0.39, 0.29) is 17.8 Å². The second-order valence-corrected chi connectivity index (χ2v) is 9.48. The highest BCUT2D eigenvalue weighted by Crippen LogP contribution is 2.36. The van der Waals surface area contributed by atoms with E-state index >= 15 is 0 Å². The smallest absolute Gasteiger partial charge is 0.264 e. The molecule has 2 aromatic carbocycles. The average Bonchev–Trinajstić information content (AvgIpc) is 3.40. The summed E-state index contributed by atoms with van der Waals surface area (Å²) in [5, 5.41) is 6.76. The van der Waals surface area contributed by atoms with Crippen LogP contribution in [-0.4, -0.2) is 26.6 Å². The first-order valence-corrected chi connectivity index (χ1v) is 12.4. The van der Waals surface area contributed by atoms with Crippen LogP contribution in [0.25, 0.3) is 5.69 Å². The summed E-state index contributed by atoms with van der Waals surface area (Å²) in [5.74, 6) is 0.971. The first kappa shape index (κ1) is 22.3. The van der Waals surface area contributed by atoms with E-state index in [1.54, 1.807) is 16.8 Å². The molecule has 0 spiro atoms. The third-order valence-corrected chi connectivity index (χ3v) is 6.80. The summed E-state index contributed by atoms with van der Waals surface area (Å²) in [6.45, 7) is 4.46. The van der Waals surface area contributed by atoms with E-state index in [4.69, 9.17) is 9.84 Å². The molecule has 5 nitrogen and oxygen atoms in total. The second-order valence-electron chi connectivity index (χ2n) is 8.53. The minimum Gasteiger partial charge on any atom is -0.439 e. The van der Waals surface area contributed by atoms with Gasteiger partial charge in [-0.2, -0.15) is 5.10 Å². The van der Waals surface area contributed by atoms with Crippen molar-refractivity contribution in [2.45, 2.75) is 45.7 Å². The number of halogens is 1. The van der Waals surface area contributed by atoms with Crippen LogP contribution in [0.15, 0.2) is 66.0 Å². The van der Waals surface area contributed by atoms with Gasteiger partial charge in [-0.3, -0.25) is 4.79 Å². The summed E-state index contributed by atoms with van der Waals surface area (Å²) < 4.78 is 21.8. The Balaban J connectivity index is 1.59. The number of benzene rings is 2. The zero-order chi connectivity index (χ0) is 23.7. The summed E-state index contributed by atoms with van der Waals surface area (Å²) in [5.41, 5.74) is 3.52. The predicted octanol–water partition coefficient (Wildman–Crippen LogP) is 6.54. The van der Waals surface area contributed by atoms with Crippen LogP contribution >= 0.6 is 11.3 Å². The van der Waals surface area contributed by atoms with Gasteiger partial charge in [-0.15, -0.1) is 11.3 Å². The fraction of sp³-hybridized carbons (Fsp3) is 0.259. The van der Waals surface area contributed by atoms with Gasteiger partial charge in [0.1, 0.15) is 11.6 Å². The number of amides is 1. The van der Waals surface area contributed by atoms with Gasteiger partial charge in [0.05, 0.1) is 28.4 Å².